The average Bonchev–Trinajstić information content (AvgIpc) is 3.03. The second-order valence-corrected chi connectivity index (χ2v) is 5.22. The number of carboxylic acids is 1. The van der Waals surface area contributed by atoms with E-state index in [4.69, 9.17) is 0 Å². The summed E-state index contributed by atoms with van der Waals surface area (Å²) in [5.41, 5.74) is 3.01. The quantitative estimate of drug-likeness (QED) is 0.897. The van der Waals surface area contributed by atoms with Crippen LogP contribution in [0.4, 0.5) is 17.1 Å². The molecule has 4 nitrogen and oxygen atoms in total. The molecule has 1 saturated heterocycles. The Hall–Kier alpha value is -2.49. The maximum atomic E-state index is 11.2. The standard InChI is InChI=1S/C17H18N2O2/c20-17(21)15-5-1-2-6-16(15)18-13-7-9-14(10-8-13)19-11-3-4-12-19/h1-2,5-10,18H,3-4,11-12H2,(H,20,21). The fourth-order valence-electron chi connectivity index (χ4n) is 2.67. The minimum absolute atomic E-state index is 0.279. The van der Waals surface area contributed by atoms with Gasteiger partial charge in [0.1, 0.15) is 0 Å². The van der Waals surface area contributed by atoms with Crippen molar-refractivity contribution in [3.63, 3.8) is 0 Å². The molecular formula is C17H18N2O2. The Bertz CT molecular complexity index is 631. The number of benzene rings is 2. The first-order valence-electron chi connectivity index (χ1n) is 7.18. The summed E-state index contributed by atoms with van der Waals surface area (Å²) in [4.78, 5) is 13.6. The van der Waals surface area contributed by atoms with Gasteiger partial charge < -0.3 is 15.3 Å². The number of hydrogen-bond acceptors (Lipinski definition) is 3. The summed E-state index contributed by atoms with van der Waals surface area (Å²) >= 11 is 0. The molecule has 2 aromatic rings. The van der Waals surface area contributed by atoms with Crippen molar-refractivity contribution in [3.05, 3.63) is 54.1 Å². The van der Waals surface area contributed by atoms with Crippen LogP contribution in [-0.2, 0) is 0 Å². The van der Waals surface area contributed by atoms with E-state index >= 15 is 0 Å². The van der Waals surface area contributed by atoms with Crippen LogP contribution < -0.4 is 10.2 Å². The fourth-order valence-corrected chi connectivity index (χ4v) is 2.67. The van der Waals surface area contributed by atoms with Crippen molar-refractivity contribution in [3.8, 4) is 0 Å². The molecule has 3 rings (SSSR count). The third-order valence-electron chi connectivity index (χ3n) is 3.77. The Morgan fingerprint density at radius 1 is 1.00 bits per heavy atom. The number of para-hydroxylation sites is 1. The first-order chi connectivity index (χ1) is 10.2. The molecule has 0 saturated carbocycles. The largest absolute Gasteiger partial charge is 0.478 e. The predicted molar refractivity (Wildman–Crippen MR) is 84.6 cm³/mol. The summed E-state index contributed by atoms with van der Waals surface area (Å²) in [6.07, 6.45) is 2.51. The molecule has 0 radical (unpaired) electrons. The summed E-state index contributed by atoms with van der Waals surface area (Å²) in [5.74, 6) is -0.924. The lowest BCUT2D eigenvalue weighted by Crippen LogP contribution is -2.17. The van der Waals surface area contributed by atoms with Gasteiger partial charge in [-0.25, -0.2) is 4.79 Å². The monoisotopic (exact) mass is 282 g/mol. The highest BCUT2D eigenvalue weighted by Gasteiger charge is 2.12. The van der Waals surface area contributed by atoms with Gasteiger partial charge in [-0.05, 0) is 49.2 Å². The molecule has 1 aliphatic heterocycles. The molecule has 0 aromatic heterocycles. The van der Waals surface area contributed by atoms with Gasteiger partial charge in [-0.3, -0.25) is 0 Å². The van der Waals surface area contributed by atoms with Gasteiger partial charge in [0.2, 0.25) is 0 Å². The number of rotatable bonds is 4. The lowest BCUT2D eigenvalue weighted by molar-refractivity contribution is 0.0698. The van der Waals surface area contributed by atoms with Crippen LogP contribution in [0.3, 0.4) is 0 Å². The van der Waals surface area contributed by atoms with Gasteiger partial charge in [-0.1, -0.05) is 12.1 Å². The van der Waals surface area contributed by atoms with E-state index in [1.165, 1.54) is 18.5 Å². The number of carbonyl (C=O) groups is 1. The van der Waals surface area contributed by atoms with Crippen LogP contribution in [0.5, 0.6) is 0 Å². The Labute approximate surface area is 124 Å². The van der Waals surface area contributed by atoms with Crippen LogP contribution in [0.15, 0.2) is 48.5 Å². The first kappa shape index (κ1) is 13.5. The number of hydrogen-bond donors (Lipinski definition) is 2. The van der Waals surface area contributed by atoms with Crippen molar-refractivity contribution in [1.82, 2.24) is 0 Å². The third-order valence-corrected chi connectivity index (χ3v) is 3.77. The van der Waals surface area contributed by atoms with Crippen molar-refractivity contribution in [2.45, 2.75) is 12.8 Å². The van der Waals surface area contributed by atoms with Gasteiger partial charge in [0.05, 0.1) is 11.3 Å². The summed E-state index contributed by atoms with van der Waals surface area (Å²) in [6, 6.07) is 15.1. The highest BCUT2D eigenvalue weighted by Crippen LogP contribution is 2.25. The van der Waals surface area contributed by atoms with E-state index in [0.717, 1.165) is 18.8 Å². The maximum Gasteiger partial charge on any atom is 0.337 e. The van der Waals surface area contributed by atoms with Gasteiger partial charge in [0, 0.05) is 24.5 Å². The van der Waals surface area contributed by atoms with E-state index in [0.29, 0.717) is 5.69 Å². The molecule has 2 N–H and O–H groups in total. The molecule has 0 aliphatic carbocycles. The molecule has 0 unspecified atom stereocenters. The molecule has 1 heterocycles. The molecule has 4 heteroatoms. The van der Waals surface area contributed by atoms with E-state index in [1.807, 2.05) is 18.2 Å². The minimum Gasteiger partial charge on any atom is -0.478 e. The highest BCUT2D eigenvalue weighted by molar-refractivity contribution is 5.95. The number of nitrogens with one attached hydrogen (secondary N) is 1. The van der Waals surface area contributed by atoms with Crippen molar-refractivity contribution in [2.24, 2.45) is 0 Å². The SMILES string of the molecule is O=C(O)c1ccccc1Nc1ccc(N2CCCC2)cc1. The van der Waals surface area contributed by atoms with Crippen molar-refractivity contribution < 1.29 is 9.90 Å². The summed E-state index contributed by atoms with van der Waals surface area (Å²) < 4.78 is 0. The molecule has 0 atom stereocenters. The Morgan fingerprint density at radius 3 is 2.33 bits per heavy atom. The smallest absolute Gasteiger partial charge is 0.337 e. The average molecular weight is 282 g/mol. The van der Waals surface area contributed by atoms with Gasteiger partial charge in [-0.15, -0.1) is 0 Å². The Kier molecular flexibility index (Phi) is 3.77. The topological polar surface area (TPSA) is 52.6 Å². The molecule has 21 heavy (non-hydrogen) atoms. The third kappa shape index (κ3) is 2.99. The van der Waals surface area contributed by atoms with Gasteiger partial charge in [0.25, 0.3) is 0 Å². The number of carboxylic acid groups (broad SMARTS) is 1. The maximum absolute atomic E-state index is 11.2. The van der Waals surface area contributed by atoms with Crippen molar-refractivity contribution in [2.75, 3.05) is 23.3 Å². The summed E-state index contributed by atoms with van der Waals surface area (Å²) in [6.45, 7) is 2.24. The second kappa shape index (κ2) is 5.87. The first-order valence-corrected chi connectivity index (χ1v) is 7.18. The van der Waals surface area contributed by atoms with Crippen molar-refractivity contribution in [1.29, 1.82) is 0 Å². The van der Waals surface area contributed by atoms with Gasteiger partial charge in [-0.2, -0.15) is 0 Å². The zero-order valence-electron chi connectivity index (χ0n) is 11.7. The van der Waals surface area contributed by atoms with E-state index in [-0.39, 0.29) is 5.56 Å². The lowest BCUT2D eigenvalue weighted by atomic mass is 10.1. The van der Waals surface area contributed by atoms with Gasteiger partial charge >= 0.3 is 5.97 Å². The molecule has 108 valence electrons. The second-order valence-electron chi connectivity index (χ2n) is 5.22. The number of anilines is 3. The van der Waals surface area contributed by atoms with Gasteiger partial charge in [0.15, 0.2) is 0 Å². The lowest BCUT2D eigenvalue weighted by Gasteiger charge is -2.18. The van der Waals surface area contributed by atoms with Crippen LogP contribution in [0.2, 0.25) is 0 Å². The number of aromatic carboxylic acids is 1. The van der Waals surface area contributed by atoms with E-state index in [1.54, 1.807) is 18.2 Å². The van der Waals surface area contributed by atoms with Crippen LogP contribution in [0, 0.1) is 0 Å². The summed E-state index contributed by atoms with van der Waals surface area (Å²) in [5, 5.41) is 12.4. The predicted octanol–water partition coefficient (Wildman–Crippen LogP) is 3.73. The molecule has 1 aliphatic rings. The molecule has 1 fully saturated rings. The van der Waals surface area contributed by atoms with Crippen LogP contribution in [0.25, 0.3) is 0 Å². The molecule has 0 amide bonds. The van der Waals surface area contributed by atoms with E-state index < -0.39 is 5.97 Å². The minimum atomic E-state index is -0.924. The summed E-state index contributed by atoms with van der Waals surface area (Å²) in [7, 11) is 0. The molecular weight excluding hydrogens is 264 g/mol. The van der Waals surface area contributed by atoms with E-state index in [2.05, 4.69) is 22.3 Å². The Morgan fingerprint density at radius 2 is 1.67 bits per heavy atom. The molecule has 0 bridgehead atoms. The zero-order valence-corrected chi connectivity index (χ0v) is 11.7. The molecule has 2 aromatic carbocycles. The Balaban J connectivity index is 1.77. The van der Waals surface area contributed by atoms with Crippen LogP contribution >= 0.6 is 0 Å². The molecule has 0 spiro atoms. The van der Waals surface area contributed by atoms with Crippen LogP contribution in [0.1, 0.15) is 23.2 Å². The number of nitrogens with zero attached hydrogens (tertiary/aromatic N) is 1. The normalized spacial score (nSPS) is 14.2. The van der Waals surface area contributed by atoms with Crippen LogP contribution in [-0.4, -0.2) is 24.2 Å². The zero-order chi connectivity index (χ0) is 14.7. The highest BCUT2D eigenvalue weighted by atomic mass is 16.4. The fraction of sp³-hybridized carbons (Fsp3) is 0.235. The van der Waals surface area contributed by atoms with E-state index in [9.17, 15) is 9.90 Å². The van der Waals surface area contributed by atoms with Crippen molar-refractivity contribution >= 4 is 23.0 Å².